The number of rotatable bonds is 3. The summed E-state index contributed by atoms with van der Waals surface area (Å²) in [5.74, 6) is -1.22. The highest BCUT2D eigenvalue weighted by molar-refractivity contribution is 5.72. The van der Waals surface area contributed by atoms with Crippen LogP contribution in [0.25, 0.3) is 0 Å². The van der Waals surface area contributed by atoms with Crippen LogP contribution in [0.2, 0.25) is 0 Å². The summed E-state index contributed by atoms with van der Waals surface area (Å²) in [4.78, 5) is 23.8. The molecule has 1 aromatic carbocycles. The Morgan fingerprint density at radius 3 is 2.43 bits per heavy atom. The molecule has 1 aliphatic heterocycles. The van der Waals surface area contributed by atoms with Crippen LogP contribution in [-0.4, -0.2) is 25.4 Å². The fourth-order valence-corrected chi connectivity index (χ4v) is 3.21. The van der Waals surface area contributed by atoms with Gasteiger partial charge < -0.3 is 5.11 Å². The highest BCUT2D eigenvalue weighted by atomic mass is 19.4. The lowest BCUT2D eigenvalue weighted by atomic mass is 10.0. The molecule has 152 valence electrons. The molecular weight excluding hydrogens is 396 g/mol. The lowest BCUT2D eigenvalue weighted by Crippen LogP contribution is -2.34. The normalized spacial score (nSPS) is 17.4. The van der Waals surface area contributed by atoms with Crippen molar-refractivity contribution in [2.45, 2.75) is 44.2 Å². The first kappa shape index (κ1) is 20.0. The van der Waals surface area contributed by atoms with E-state index >= 15 is 0 Å². The quantitative estimate of drug-likeness (QED) is 0.791. The van der Waals surface area contributed by atoms with E-state index in [2.05, 4.69) is 5.10 Å². The number of aryl methyl sites for hydroxylation is 1. The van der Waals surface area contributed by atoms with Crippen LogP contribution < -0.4 is 5.69 Å². The van der Waals surface area contributed by atoms with Crippen molar-refractivity contribution in [3.05, 3.63) is 51.2 Å². The number of hydrogen-bond donors (Lipinski definition) is 1. The van der Waals surface area contributed by atoms with Gasteiger partial charge in [-0.05, 0) is 36.6 Å². The molecule has 0 amide bonds. The Bertz CT molecular complexity index is 973. The Balaban J connectivity index is 2.09. The second kappa shape index (κ2) is 6.67. The van der Waals surface area contributed by atoms with Crippen molar-refractivity contribution in [3.8, 4) is 0 Å². The summed E-state index contributed by atoms with van der Waals surface area (Å²) in [5.41, 5.74) is -4.39. The van der Waals surface area contributed by atoms with Gasteiger partial charge in [0.25, 0.3) is 0 Å². The molecule has 0 saturated carbocycles. The van der Waals surface area contributed by atoms with Gasteiger partial charge in [0, 0.05) is 6.42 Å². The Morgan fingerprint density at radius 2 is 1.86 bits per heavy atom. The van der Waals surface area contributed by atoms with Crippen molar-refractivity contribution >= 4 is 5.97 Å². The molecule has 1 aromatic heterocycles. The summed E-state index contributed by atoms with van der Waals surface area (Å²) in [5, 5.41) is 13.1. The number of halogens is 6. The molecule has 0 radical (unpaired) electrons. The zero-order valence-corrected chi connectivity index (χ0v) is 14.0. The smallest absolute Gasteiger partial charge is 0.416 e. The number of aliphatic carboxylic acids is 1. The number of fused-ring (bicyclic) bond motifs is 1. The van der Waals surface area contributed by atoms with Gasteiger partial charge in [0.05, 0.1) is 17.7 Å². The molecule has 2 aromatic rings. The van der Waals surface area contributed by atoms with E-state index in [1.165, 1.54) is 0 Å². The van der Waals surface area contributed by atoms with Gasteiger partial charge in [-0.3, -0.25) is 4.57 Å². The Hall–Kier alpha value is -2.79. The van der Waals surface area contributed by atoms with E-state index in [9.17, 15) is 41.0 Å². The maximum absolute atomic E-state index is 13.2. The lowest BCUT2D eigenvalue weighted by molar-refractivity contribution is -0.141. The maximum atomic E-state index is 13.2. The van der Waals surface area contributed by atoms with Gasteiger partial charge in [-0.1, -0.05) is 0 Å². The molecule has 12 heteroatoms. The topological polar surface area (TPSA) is 77.1 Å². The fourth-order valence-electron chi connectivity index (χ4n) is 3.21. The minimum atomic E-state index is -4.94. The van der Waals surface area contributed by atoms with Crippen molar-refractivity contribution < 1.29 is 36.2 Å². The highest BCUT2D eigenvalue weighted by Gasteiger charge is 2.37. The Kier molecular flexibility index (Phi) is 4.76. The van der Waals surface area contributed by atoms with Crippen LogP contribution in [0, 0.1) is 0 Å². The molecule has 1 unspecified atom stereocenters. The third-order valence-corrected chi connectivity index (χ3v) is 4.47. The van der Waals surface area contributed by atoms with E-state index in [1.54, 1.807) is 0 Å². The van der Waals surface area contributed by atoms with Crippen LogP contribution in [0.3, 0.4) is 0 Å². The molecule has 1 N–H and O–H groups in total. The number of carbonyl (C=O) groups is 1. The summed E-state index contributed by atoms with van der Waals surface area (Å²) < 4.78 is 79.8. The maximum Gasteiger partial charge on any atom is 0.416 e. The number of benzene rings is 1. The number of aromatic nitrogens is 3. The first-order chi connectivity index (χ1) is 12.9. The van der Waals surface area contributed by atoms with E-state index in [0.29, 0.717) is 29.3 Å². The first-order valence-corrected chi connectivity index (χ1v) is 8.08. The summed E-state index contributed by atoms with van der Waals surface area (Å²) in [6.45, 7) is -0.871. The number of carboxylic acid groups (broad SMARTS) is 1. The molecular formula is C16H13F6N3O3. The number of hydrogen-bond acceptors (Lipinski definition) is 3. The van der Waals surface area contributed by atoms with Gasteiger partial charge in [-0.15, -0.1) is 0 Å². The molecule has 0 aliphatic carbocycles. The second-order valence-electron chi connectivity index (χ2n) is 6.34. The van der Waals surface area contributed by atoms with Crippen LogP contribution in [0.5, 0.6) is 0 Å². The molecule has 0 fully saturated rings. The summed E-state index contributed by atoms with van der Waals surface area (Å²) in [6.07, 6.45) is -9.02. The number of carboxylic acids is 1. The molecule has 0 spiro atoms. The third-order valence-electron chi connectivity index (χ3n) is 4.47. The Labute approximate surface area is 153 Å². The highest BCUT2D eigenvalue weighted by Crippen LogP contribution is 2.36. The fraction of sp³-hybridized carbons (Fsp3) is 0.438. The summed E-state index contributed by atoms with van der Waals surface area (Å²) in [6, 6.07) is -0.275. The van der Waals surface area contributed by atoms with Gasteiger partial charge >= 0.3 is 24.0 Å². The standard InChI is InChI=1S/C16H13F6N3O3/c17-15(18,19)9-4-5-10(16(20,21)22)8(6-9)7-24-14(28)25-11(13(26)27)2-1-3-12(25)23-24/h4-6,11H,1-3,7H2,(H,26,27). The molecule has 3 rings (SSSR count). The first-order valence-electron chi connectivity index (χ1n) is 8.08. The molecule has 0 bridgehead atoms. The second-order valence-corrected chi connectivity index (χ2v) is 6.34. The van der Waals surface area contributed by atoms with Crippen molar-refractivity contribution in [3.63, 3.8) is 0 Å². The van der Waals surface area contributed by atoms with Crippen molar-refractivity contribution in [2.24, 2.45) is 0 Å². The zero-order chi connectivity index (χ0) is 20.9. The lowest BCUT2D eigenvalue weighted by Gasteiger charge is -2.19. The van der Waals surface area contributed by atoms with Gasteiger partial charge in [-0.25, -0.2) is 14.3 Å². The average Bonchev–Trinajstić information content (AvgIpc) is 2.89. The van der Waals surface area contributed by atoms with Crippen LogP contribution in [0.4, 0.5) is 26.3 Å². The third kappa shape index (κ3) is 3.62. The van der Waals surface area contributed by atoms with Gasteiger partial charge in [0.15, 0.2) is 0 Å². The molecule has 1 atom stereocenters. The monoisotopic (exact) mass is 409 g/mol. The average molecular weight is 409 g/mol. The van der Waals surface area contributed by atoms with E-state index in [0.717, 1.165) is 4.57 Å². The van der Waals surface area contributed by atoms with Crippen LogP contribution in [-0.2, 0) is 30.1 Å². The minimum absolute atomic E-state index is 0.0733. The Morgan fingerprint density at radius 1 is 1.18 bits per heavy atom. The molecule has 2 heterocycles. The summed E-state index contributed by atoms with van der Waals surface area (Å²) in [7, 11) is 0. The van der Waals surface area contributed by atoms with Crippen molar-refractivity contribution in [1.82, 2.24) is 14.3 Å². The van der Waals surface area contributed by atoms with Gasteiger partial charge in [-0.2, -0.15) is 31.4 Å². The van der Waals surface area contributed by atoms with E-state index in [4.69, 9.17) is 0 Å². The van der Waals surface area contributed by atoms with Crippen molar-refractivity contribution in [2.75, 3.05) is 0 Å². The van der Waals surface area contributed by atoms with E-state index in [1.807, 2.05) is 0 Å². The SMILES string of the molecule is O=C(O)C1CCCc2nn(Cc3cc(C(F)(F)F)ccc3C(F)(F)F)c(=O)n21. The largest absolute Gasteiger partial charge is 0.480 e. The molecule has 1 aliphatic rings. The zero-order valence-electron chi connectivity index (χ0n) is 14.0. The molecule has 28 heavy (non-hydrogen) atoms. The van der Waals surface area contributed by atoms with Gasteiger partial charge in [0.1, 0.15) is 11.9 Å². The van der Waals surface area contributed by atoms with E-state index < -0.39 is 53.3 Å². The van der Waals surface area contributed by atoms with Crippen LogP contribution in [0.15, 0.2) is 23.0 Å². The van der Waals surface area contributed by atoms with Crippen LogP contribution >= 0.6 is 0 Å². The number of alkyl halides is 6. The van der Waals surface area contributed by atoms with Crippen LogP contribution in [0.1, 0.15) is 41.4 Å². The molecule has 0 saturated heterocycles. The number of nitrogens with zero attached hydrogens (tertiary/aromatic N) is 3. The molecule has 6 nitrogen and oxygen atoms in total. The predicted octanol–water partition coefficient (Wildman–Crippen LogP) is 3.09. The predicted molar refractivity (Wildman–Crippen MR) is 81.6 cm³/mol. The minimum Gasteiger partial charge on any atom is -0.480 e. The van der Waals surface area contributed by atoms with E-state index in [-0.39, 0.29) is 18.7 Å². The van der Waals surface area contributed by atoms with Crippen molar-refractivity contribution in [1.29, 1.82) is 0 Å². The summed E-state index contributed by atoms with van der Waals surface area (Å²) >= 11 is 0. The van der Waals surface area contributed by atoms with Gasteiger partial charge in [0.2, 0.25) is 0 Å².